The lowest BCUT2D eigenvalue weighted by Gasteiger charge is -2.26. The lowest BCUT2D eigenvalue weighted by Crippen LogP contribution is -2.49. The Morgan fingerprint density at radius 3 is 2.50 bits per heavy atom. The predicted molar refractivity (Wildman–Crippen MR) is 116 cm³/mol. The van der Waals surface area contributed by atoms with Crippen LogP contribution in [0.4, 0.5) is 5.69 Å². The highest BCUT2D eigenvalue weighted by atomic mass is 16.2. The fraction of sp³-hybridized carbons (Fsp3) is 0.261. The minimum Gasteiger partial charge on any atom is -0.353 e. The van der Waals surface area contributed by atoms with Crippen LogP contribution in [-0.4, -0.2) is 46.8 Å². The minimum atomic E-state index is -0.197. The molecule has 1 aliphatic heterocycles. The number of hydrogen-bond acceptors (Lipinski definition) is 3. The molecule has 3 amide bonds. The molecular formula is C23H24N4O3. The second-order valence-corrected chi connectivity index (χ2v) is 7.67. The van der Waals surface area contributed by atoms with Crippen molar-refractivity contribution in [1.29, 1.82) is 0 Å². The Balaban J connectivity index is 1.51. The van der Waals surface area contributed by atoms with Gasteiger partial charge in [0.15, 0.2) is 0 Å². The Labute approximate surface area is 174 Å². The number of nitrogens with zero attached hydrogens (tertiary/aromatic N) is 2. The summed E-state index contributed by atoms with van der Waals surface area (Å²) >= 11 is 0. The molecule has 2 N–H and O–H groups in total. The number of carbonyl (C=O) groups is 3. The van der Waals surface area contributed by atoms with Crippen molar-refractivity contribution in [1.82, 2.24) is 14.8 Å². The van der Waals surface area contributed by atoms with Crippen LogP contribution in [0.15, 0.2) is 54.7 Å². The van der Waals surface area contributed by atoms with Crippen molar-refractivity contribution in [2.75, 3.05) is 25.0 Å². The molecule has 0 bridgehead atoms. The molecule has 7 nitrogen and oxygen atoms in total. The van der Waals surface area contributed by atoms with Crippen LogP contribution in [-0.2, 0) is 4.79 Å². The lowest BCUT2D eigenvalue weighted by atomic mass is 10.1. The second kappa shape index (κ2) is 8.02. The Bertz CT molecular complexity index is 1120. The molecule has 1 aliphatic rings. The van der Waals surface area contributed by atoms with Crippen LogP contribution in [0.2, 0.25) is 0 Å². The Hall–Kier alpha value is -3.61. The van der Waals surface area contributed by atoms with Gasteiger partial charge in [0, 0.05) is 47.5 Å². The Morgan fingerprint density at radius 2 is 1.80 bits per heavy atom. The first kappa shape index (κ1) is 19.7. The third-order valence-electron chi connectivity index (χ3n) is 5.26. The highest BCUT2D eigenvalue weighted by molar-refractivity contribution is 6.13. The van der Waals surface area contributed by atoms with Crippen LogP contribution in [0.3, 0.4) is 0 Å². The minimum absolute atomic E-state index is 0.0667. The van der Waals surface area contributed by atoms with Gasteiger partial charge in [0.05, 0.1) is 12.1 Å². The van der Waals surface area contributed by atoms with Crippen LogP contribution in [0.25, 0.3) is 10.9 Å². The number of amides is 3. The third-order valence-corrected chi connectivity index (χ3v) is 5.26. The zero-order valence-electron chi connectivity index (χ0n) is 17.0. The van der Waals surface area contributed by atoms with Crippen molar-refractivity contribution in [2.45, 2.75) is 19.9 Å². The molecule has 30 heavy (non-hydrogen) atoms. The highest BCUT2D eigenvalue weighted by Crippen LogP contribution is 2.25. The van der Waals surface area contributed by atoms with Crippen molar-refractivity contribution in [3.63, 3.8) is 0 Å². The van der Waals surface area contributed by atoms with E-state index >= 15 is 0 Å². The summed E-state index contributed by atoms with van der Waals surface area (Å²) in [5, 5.41) is 6.52. The van der Waals surface area contributed by atoms with E-state index in [-0.39, 0.29) is 30.3 Å². The summed E-state index contributed by atoms with van der Waals surface area (Å²) in [5.41, 5.74) is 2.72. The van der Waals surface area contributed by atoms with Crippen LogP contribution >= 0.6 is 0 Å². The lowest BCUT2D eigenvalue weighted by molar-refractivity contribution is -0.123. The molecule has 0 radical (unpaired) electrons. The fourth-order valence-electron chi connectivity index (χ4n) is 3.70. The van der Waals surface area contributed by atoms with Crippen LogP contribution < -0.4 is 10.6 Å². The molecule has 0 saturated carbocycles. The number of rotatable bonds is 4. The van der Waals surface area contributed by atoms with Gasteiger partial charge in [-0.3, -0.25) is 14.4 Å². The fourth-order valence-corrected chi connectivity index (χ4v) is 3.70. The average molecular weight is 404 g/mol. The topological polar surface area (TPSA) is 83.4 Å². The summed E-state index contributed by atoms with van der Waals surface area (Å²) in [5.74, 6) is -0.542. The highest BCUT2D eigenvalue weighted by Gasteiger charge is 2.22. The van der Waals surface area contributed by atoms with Crippen LogP contribution in [0.1, 0.15) is 40.6 Å². The van der Waals surface area contributed by atoms with E-state index in [4.69, 9.17) is 0 Å². The number of fused-ring (bicyclic) bond motifs is 1. The Morgan fingerprint density at radius 1 is 1.07 bits per heavy atom. The van der Waals surface area contributed by atoms with Gasteiger partial charge in [0.1, 0.15) is 0 Å². The van der Waals surface area contributed by atoms with E-state index in [1.54, 1.807) is 24.3 Å². The molecule has 1 aromatic heterocycles. The smallest absolute Gasteiger partial charge is 0.257 e. The average Bonchev–Trinajstić information content (AvgIpc) is 3.14. The Kier molecular flexibility index (Phi) is 5.27. The van der Waals surface area contributed by atoms with Crippen molar-refractivity contribution < 1.29 is 14.4 Å². The molecule has 0 atom stereocenters. The summed E-state index contributed by atoms with van der Waals surface area (Å²) < 4.78 is 2.08. The molecule has 3 aromatic rings. The van der Waals surface area contributed by atoms with E-state index in [2.05, 4.69) is 29.0 Å². The molecule has 0 unspecified atom stereocenters. The van der Waals surface area contributed by atoms with Crippen LogP contribution in [0.5, 0.6) is 0 Å². The first-order valence-corrected chi connectivity index (χ1v) is 10.0. The monoisotopic (exact) mass is 404 g/mol. The van der Waals surface area contributed by atoms with Crippen molar-refractivity contribution in [3.8, 4) is 0 Å². The number of carbonyl (C=O) groups excluding carboxylic acids is 3. The SMILES string of the molecule is CC(C)n1cc(C(=O)Nc2ccc(C(=O)N3CCNC(=O)C3)cc2)c2ccccc21. The molecule has 1 fully saturated rings. The number of para-hydroxylation sites is 1. The number of aromatic nitrogens is 1. The molecule has 0 aliphatic carbocycles. The summed E-state index contributed by atoms with van der Waals surface area (Å²) in [4.78, 5) is 38.5. The number of piperazine rings is 1. The predicted octanol–water partition coefficient (Wildman–Crippen LogP) is 3.05. The molecule has 2 aromatic carbocycles. The van der Waals surface area contributed by atoms with Gasteiger partial charge in [0.2, 0.25) is 5.91 Å². The summed E-state index contributed by atoms with van der Waals surface area (Å²) in [7, 11) is 0. The first-order valence-electron chi connectivity index (χ1n) is 10.0. The van der Waals surface area contributed by atoms with Gasteiger partial charge in [-0.2, -0.15) is 0 Å². The van der Waals surface area contributed by atoms with Crippen molar-refractivity contribution in [3.05, 3.63) is 65.9 Å². The summed E-state index contributed by atoms with van der Waals surface area (Å²) in [6.45, 7) is 5.18. The van der Waals surface area contributed by atoms with Crippen LogP contribution in [0, 0.1) is 0 Å². The number of hydrogen-bond donors (Lipinski definition) is 2. The first-order chi connectivity index (χ1) is 14.4. The maximum absolute atomic E-state index is 12.9. The zero-order chi connectivity index (χ0) is 21.3. The number of nitrogens with one attached hydrogen (secondary N) is 2. The quantitative estimate of drug-likeness (QED) is 0.701. The van der Waals surface area contributed by atoms with E-state index in [0.29, 0.717) is 29.9 Å². The van der Waals surface area contributed by atoms with Gasteiger partial charge in [-0.15, -0.1) is 0 Å². The van der Waals surface area contributed by atoms with Gasteiger partial charge < -0.3 is 20.1 Å². The maximum atomic E-state index is 12.9. The van der Waals surface area contributed by atoms with E-state index in [9.17, 15) is 14.4 Å². The van der Waals surface area contributed by atoms with Gasteiger partial charge in [-0.05, 0) is 44.2 Å². The molecule has 7 heteroatoms. The van der Waals surface area contributed by atoms with Gasteiger partial charge in [0.25, 0.3) is 11.8 Å². The molecule has 1 saturated heterocycles. The van der Waals surface area contributed by atoms with E-state index in [0.717, 1.165) is 10.9 Å². The number of benzene rings is 2. The van der Waals surface area contributed by atoms with E-state index in [1.807, 2.05) is 30.5 Å². The molecule has 0 spiro atoms. The molecule has 2 heterocycles. The van der Waals surface area contributed by atoms with Gasteiger partial charge in [-0.1, -0.05) is 18.2 Å². The molecule has 4 rings (SSSR count). The third kappa shape index (κ3) is 3.78. The number of anilines is 1. The van der Waals surface area contributed by atoms with E-state index in [1.165, 1.54) is 4.90 Å². The normalized spacial score (nSPS) is 14.1. The molecule has 154 valence electrons. The van der Waals surface area contributed by atoms with Crippen molar-refractivity contribution >= 4 is 34.3 Å². The summed E-state index contributed by atoms with van der Waals surface area (Å²) in [6, 6.07) is 14.8. The maximum Gasteiger partial charge on any atom is 0.257 e. The van der Waals surface area contributed by atoms with Gasteiger partial charge >= 0.3 is 0 Å². The standard InChI is InChI=1S/C23H24N4O3/c1-15(2)27-13-19(18-5-3-4-6-20(18)27)22(29)25-17-9-7-16(8-10-17)23(30)26-12-11-24-21(28)14-26/h3-10,13,15H,11-12,14H2,1-2H3,(H,24,28)(H,25,29). The van der Waals surface area contributed by atoms with Crippen molar-refractivity contribution in [2.24, 2.45) is 0 Å². The van der Waals surface area contributed by atoms with E-state index < -0.39 is 0 Å². The summed E-state index contributed by atoms with van der Waals surface area (Å²) in [6.07, 6.45) is 1.88. The van der Waals surface area contributed by atoms with Gasteiger partial charge in [-0.25, -0.2) is 0 Å². The second-order valence-electron chi connectivity index (χ2n) is 7.67. The molecular weight excluding hydrogens is 380 g/mol. The largest absolute Gasteiger partial charge is 0.353 e. The zero-order valence-corrected chi connectivity index (χ0v) is 17.0.